The fourth-order valence-electron chi connectivity index (χ4n) is 1.31. The lowest BCUT2D eigenvalue weighted by molar-refractivity contribution is 0.0690. The van der Waals surface area contributed by atoms with Crippen molar-refractivity contribution in [2.24, 2.45) is 0 Å². The zero-order chi connectivity index (χ0) is 11.7. The molecule has 1 aromatic carbocycles. The van der Waals surface area contributed by atoms with Crippen LogP contribution in [0.3, 0.4) is 0 Å². The smallest absolute Gasteiger partial charge is 0.357 e. The Kier molecular flexibility index (Phi) is 2.95. The van der Waals surface area contributed by atoms with Crippen LogP contribution in [0.2, 0.25) is 0 Å². The number of hydrogen-bond acceptors (Lipinski definition) is 3. The van der Waals surface area contributed by atoms with E-state index >= 15 is 0 Å². The molecule has 0 radical (unpaired) electrons. The van der Waals surface area contributed by atoms with Gasteiger partial charge in [0.05, 0.1) is 5.56 Å². The number of hydrogen-bond donors (Lipinski definition) is 1. The van der Waals surface area contributed by atoms with E-state index in [2.05, 4.69) is 27.6 Å². The maximum absolute atomic E-state index is 10.7. The van der Waals surface area contributed by atoms with Gasteiger partial charge in [-0.15, -0.1) is 0 Å². The van der Waals surface area contributed by atoms with Crippen LogP contribution in [0.1, 0.15) is 16.1 Å². The summed E-state index contributed by atoms with van der Waals surface area (Å²) in [5, 5.41) is 8.74. The van der Waals surface area contributed by atoms with E-state index < -0.39 is 5.97 Å². The highest BCUT2D eigenvalue weighted by molar-refractivity contribution is 14.1. The van der Waals surface area contributed by atoms with Crippen LogP contribution < -0.4 is 0 Å². The number of oxazole rings is 1. The van der Waals surface area contributed by atoms with Gasteiger partial charge in [-0.3, -0.25) is 0 Å². The highest BCUT2D eigenvalue weighted by atomic mass is 127. The summed E-state index contributed by atoms with van der Waals surface area (Å²) in [5.41, 5.74) is 1.84. The molecule has 0 aliphatic carbocycles. The van der Waals surface area contributed by atoms with Crippen molar-refractivity contribution in [1.29, 1.82) is 0 Å². The summed E-state index contributed by atoms with van der Waals surface area (Å²) >= 11 is 2.19. The standard InChI is InChI=1S/C11H8INO3/c1-6-3-2-4-7(9(6)12)10-13-8(5-16-10)11(14)15/h2-5H,1H3,(H,14,15). The van der Waals surface area contributed by atoms with Gasteiger partial charge in [-0.25, -0.2) is 9.78 Å². The second-order valence-electron chi connectivity index (χ2n) is 3.28. The Balaban J connectivity index is 2.50. The van der Waals surface area contributed by atoms with E-state index in [0.29, 0.717) is 5.89 Å². The molecule has 5 heteroatoms. The molecule has 82 valence electrons. The Morgan fingerprint density at radius 3 is 2.88 bits per heavy atom. The molecule has 0 saturated heterocycles. The van der Waals surface area contributed by atoms with Crippen molar-refractivity contribution in [3.63, 3.8) is 0 Å². The molecule has 16 heavy (non-hydrogen) atoms. The van der Waals surface area contributed by atoms with Crippen molar-refractivity contribution in [1.82, 2.24) is 4.98 Å². The zero-order valence-electron chi connectivity index (χ0n) is 8.40. The summed E-state index contributed by atoms with van der Waals surface area (Å²) < 4.78 is 6.16. The van der Waals surface area contributed by atoms with Gasteiger partial charge in [0.2, 0.25) is 5.89 Å². The van der Waals surface area contributed by atoms with Gasteiger partial charge in [0.1, 0.15) is 6.26 Å². The monoisotopic (exact) mass is 329 g/mol. The van der Waals surface area contributed by atoms with Gasteiger partial charge < -0.3 is 9.52 Å². The molecule has 1 heterocycles. The Morgan fingerprint density at radius 1 is 1.50 bits per heavy atom. The van der Waals surface area contributed by atoms with Gasteiger partial charge in [0.15, 0.2) is 5.69 Å². The van der Waals surface area contributed by atoms with Gasteiger partial charge in [-0.2, -0.15) is 0 Å². The summed E-state index contributed by atoms with van der Waals surface area (Å²) in [6.07, 6.45) is 1.15. The second kappa shape index (κ2) is 4.25. The molecular weight excluding hydrogens is 321 g/mol. The van der Waals surface area contributed by atoms with Crippen molar-refractivity contribution in [2.75, 3.05) is 0 Å². The maximum atomic E-state index is 10.7. The molecule has 2 aromatic rings. The summed E-state index contributed by atoms with van der Waals surface area (Å²) in [4.78, 5) is 14.6. The van der Waals surface area contributed by atoms with Gasteiger partial charge in [-0.1, -0.05) is 12.1 Å². The number of aromatic nitrogens is 1. The van der Waals surface area contributed by atoms with E-state index in [-0.39, 0.29) is 5.69 Å². The van der Waals surface area contributed by atoms with Crippen LogP contribution in [-0.4, -0.2) is 16.1 Å². The number of rotatable bonds is 2. The predicted octanol–water partition coefficient (Wildman–Crippen LogP) is 2.95. The minimum atomic E-state index is -1.09. The Hall–Kier alpha value is -1.37. The third-order valence-corrected chi connectivity index (χ3v) is 3.58. The fraction of sp³-hybridized carbons (Fsp3) is 0.0909. The zero-order valence-corrected chi connectivity index (χ0v) is 10.6. The van der Waals surface area contributed by atoms with Crippen LogP contribution in [0.25, 0.3) is 11.5 Å². The van der Waals surface area contributed by atoms with Crippen molar-refractivity contribution in [2.45, 2.75) is 6.92 Å². The van der Waals surface area contributed by atoms with E-state index in [1.807, 2.05) is 25.1 Å². The second-order valence-corrected chi connectivity index (χ2v) is 4.36. The molecule has 0 amide bonds. The lowest BCUT2D eigenvalue weighted by Gasteiger charge is -2.02. The van der Waals surface area contributed by atoms with Crippen LogP contribution in [0, 0.1) is 10.5 Å². The summed E-state index contributed by atoms with van der Waals surface area (Å²) in [5.74, 6) is -0.747. The van der Waals surface area contributed by atoms with Gasteiger partial charge in [-0.05, 0) is 41.1 Å². The first-order chi connectivity index (χ1) is 7.59. The quantitative estimate of drug-likeness (QED) is 0.861. The predicted molar refractivity (Wildman–Crippen MR) is 66.4 cm³/mol. The molecule has 2 rings (SSSR count). The average Bonchev–Trinajstić information content (AvgIpc) is 2.71. The first-order valence-electron chi connectivity index (χ1n) is 4.54. The number of aromatic carboxylic acids is 1. The SMILES string of the molecule is Cc1cccc(-c2nc(C(=O)O)co2)c1I. The maximum Gasteiger partial charge on any atom is 0.357 e. The van der Waals surface area contributed by atoms with Crippen molar-refractivity contribution in [3.05, 3.63) is 39.3 Å². The minimum Gasteiger partial charge on any atom is -0.476 e. The number of halogens is 1. The van der Waals surface area contributed by atoms with Gasteiger partial charge in [0.25, 0.3) is 0 Å². The van der Waals surface area contributed by atoms with Crippen LogP contribution >= 0.6 is 22.6 Å². The molecule has 0 atom stereocenters. The molecule has 0 spiro atoms. The first kappa shape index (κ1) is 11.1. The third kappa shape index (κ3) is 1.95. The number of carboxylic acids is 1. The van der Waals surface area contributed by atoms with Gasteiger partial charge in [0, 0.05) is 3.57 Å². The van der Waals surface area contributed by atoms with Crippen molar-refractivity contribution in [3.8, 4) is 11.5 Å². The van der Waals surface area contributed by atoms with E-state index in [1.165, 1.54) is 0 Å². The first-order valence-corrected chi connectivity index (χ1v) is 5.62. The molecule has 1 N–H and O–H groups in total. The van der Waals surface area contributed by atoms with Crippen LogP contribution in [0.15, 0.2) is 28.9 Å². The number of nitrogens with zero attached hydrogens (tertiary/aromatic N) is 1. The van der Waals surface area contributed by atoms with Crippen LogP contribution in [-0.2, 0) is 0 Å². The molecule has 0 saturated carbocycles. The molecular formula is C11H8INO3. The molecule has 0 aliphatic heterocycles. The summed E-state index contributed by atoms with van der Waals surface area (Å²) in [6, 6.07) is 5.72. The lowest BCUT2D eigenvalue weighted by atomic mass is 10.1. The van der Waals surface area contributed by atoms with Crippen LogP contribution in [0.4, 0.5) is 0 Å². The van der Waals surface area contributed by atoms with Gasteiger partial charge >= 0.3 is 5.97 Å². The molecule has 0 bridgehead atoms. The molecule has 0 fully saturated rings. The van der Waals surface area contributed by atoms with E-state index in [1.54, 1.807) is 0 Å². The van der Waals surface area contributed by atoms with E-state index in [0.717, 1.165) is 21.0 Å². The average molecular weight is 329 g/mol. The van der Waals surface area contributed by atoms with E-state index in [4.69, 9.17) is 9.52 Å². The van der Waals surface area contributed by atoms with Crippen molar-refractivity contribution >= 4 is 28.6 Å². The third-order valence-electron chi connectivity index (χ3n) is 2.15. The number of carbonyl (C=O) groups is 1. The largest absolute Gasteiger partial charge is 0.476 e. The number of benzene rings is 1. The number of aryl methyl sites for hydroxylation is 1. The fourth-order valence-corrected chi connectivity index (χ4v) is 1.90. The lowest BCUT2D eigenvalue weighted by Crippen LogP contribution is -1.96. The topological polar surface area (TPSA) is 63.3 Å². The molecule has 0 aliphatic rings. The highest BCUT2D eigenvalue weighted by Crippen LogP contribution is 2.26. The number of carboxylic acid groups (broad SMARTS) is 1. The summed E-state index contributed by atoms with van der Waals surface area (Å²) in [7, 11) is 0. The normalized spacial score (nSPS) is 10.4. The highest BCUT2D eigenvalue weighted by Gasteiger charge is 2.14. The molecule has 0 unspecified atom stereocenters. The minimum absolute atomic E-state index is 0.0766. The molecule has 1 aromatic heterocycles. The van der Waals surface area contributed by atoms with Crippen molar-refractivity contribution < 1.29 is 14.3 Å². The van der Waals surface area contributed by atoms with E-state index in [9.17, 15) is 4.79 Å². The Morgan fingerprint density at radius 2 is 2.25 bits per heavy atom. The van der Waals surface area contributed by atoms with Crippen LogP contribution in [0.5, 0.6) is 0 Å². The summed E-state index contributed by atoms with van der Waals surface area (Å²) in [6.45, 7) is 1.98. The Labute approximate surface area is 105 Å². The molecule has 4 nitrogen and oxygen atoms in total. The Bertz CT molecular complexity index is 548.